The molecule has 156 valence electrons. The van der Waals surface area contributed by atoms with Crippen LogP contribution in [0.15, 0.2) is 47.8 Å². The SMILES string of the molecule is COc1ccc(NC(=O)N2CCN(c3ccc(-c4cccs4)nn3)CC2)cc1OC. The fraction of sp³-hybridized carbons (Fsp3) is 0.286. The highest BCUT2D eigenvalue weighted by Crippen LogP contribution is 2.30. The van der Waals surface area contributed by atoms with Gasteiger partial charge in [-0.3, -0.25) is 0 Å². The number of nitrogens with zero attached hydrogens (tertiary/aromatic N) is 4. The molecule has 0 saturated carbocycles. The Balaban J connectivity index is 1.33. The van der Waals surface area contributed by atoms with E-state index in [2.05, 4.69) is 20.4 Å². The van der Waals surface area contributed by atoms with Crippen molar-refractivity contribution in [3.8, 4) is 22.1 Å². The number of nitrogens with one attached hydrogen (secondary N) is 1. The molecule has 1 aromatic carbocycles. The molecule has 3 heterocycles. The van der Waals surface area contributed by atoms with E-state index in [0.717, 1.165) is 16.4 Å². The molecule has 8 nitrogen and oxygen atoms in total. The van der Waals surface area contributed by atoms with Crippen molar-refractivity contribution >= 4 is 28.9 Å². The molecule has 0 radical (unpaired) electrons. The van der Waals surface area contributed by atoms with Crippen LogP contribution in [0.3, 0.4) is 0 Å². The summed E-state index contributed by atoms with van der Waals surface area (Å²) in [6.07, 6.45) is 0. The van der Waals surface area contributed by atoms with E-state index in [-0.39, 0.29) is 6.03 Å². The van der Waals surface area contributed by atoms with Crippen LogP contribution in [0.2, 0.25) is 0 Å². The minimum atomic E-state index is -0.138. The van der Waals surface area contributed by atoms with Gasteiger partial charge in [0, 0.05) is 37.9 Å². The first-order valence-corrected chi connectivity index (χ1v) is 10.5. The molecule has 3 aromatic rings. The maximum Gasteiger partial charge on any atom is 0.321 e. The summed E-state index contributed by atoms with van der Waals surface area (Å²) >= 11 is 1.64. The lowest BCUT2D eigenvalue weighted by atomic mass is 10.2. The number of carbonyl (C=O) groups is 1. The van der Waals surface area contributed by atoms with Gasteiger partial charge in [0.2, 0.25) is 0 Å². The second-order valence-electron chi connectivity index (χ2n) is 6.73. The Kier molecular flexibility index (Phi) is 5.99. The molecule has 1 aliphatic heterocycles. The molecule has 30 heavy (non-hydrogen) atoms. The van der Waals surface area contributed by atoms with Crippen molar-refractivity contribution in [2.24, 2.45) is 0 Å². The molecular formula is C21H23N5O3S. The fourth-order valence-corrected chi connectivity index (χ4v) is 4.00. The van der Waals surface area contributed by atoms with E-state index in [9.17, 15) is 4.79 Å². The van der Waals surface area contributed by atoms with Crippen LogP contribution in [-0.4, -0.2) is 61.5 Å². The van der Waals surface area contributed by atoms with Crippen molar-refractivity contribution in [3.63, 3.8) is 0 Å². The number of methoxy groups -OCH3 is 2. The molecule has 2 aromatic heterocycles. The third-order valence-electron chi connectivity index (χ3n) is 4.95. The summed E-state index contributed by atoms with van der Waals surface area (Å²) in [5, 5.41) is 13.7. The average molecular weight is 426 g/mol. The van der Waals surface area contributed by atoms with E-state index in [1.807, 2.05) is 29.6 Å². The van der Waals surface area contributed by atoms with E-state index < -0.39 is 0 Å². The lowest BCUT2D eigenvalue weighted by molar-refractivity contribution is 0.208. The lowest BCUT2D eigenvalue weighted by Crippen LogP contribution is -2.50. The molecular weight excluding hydrogens is 402 g/mol. The topological polar surface area (TPSA) is 79.8 Å². The van der Waals surface area contributed by atoms with Crippen LogP contribution in [0.4, 0.5) is 16.3 Å². The first kappa shape index (κ1) is 20.0. The smallest absolute Gasteiger partial charge is 0.321 e. The van der Waals surface area contributed by atoms with Gasteiger partial charge in [-0.25, -0.2) is 4.79 Å². The van der Waals surface area contributed by atoms with Gasteiger partial charge in [0.25, 0.3) is 0 Å². The zero-order valence-electron chi connectivity index (χ0n) is 16.9. The predicted molar refractivity (Wildman–Crippen MR) is 118 cm³/mol. The molecule has 1 fully saturated rings. The third-order valence-corrected chi connectivity index (χ3v) is 5.84. The molecule has 4 rings (SSSR count). The van der Waals surface area contributed by atoms with Gasteiger partial charge in [0.15, 0.2) is 17.3 Å². The number of benzene rings is 1. The monoisotopic (exact) mass is 425 g/mol. The summed E-state index contributed by atoms with van der Waals surface area (Å²) in [5.74, 6) is 2.02. The van der Waals surface area contributed by atoms with Crippen LogP contribution in [0.5, 0.6) is 11.5 Å². The lowest BCUT2D eigenvalue weighted by Gasteiger charge is -2.35. The number of amides is 2. The van der Waals surface area contributed by atoms with Crippen molar-refractivity contribution in [3.05, 3.63) is 47.8 Å². The number of anilines is 2. The summed E-state index contributed by atoms with van der Waals surface area (Å²) in [6, 6.07) is 13.2. The number of piperazine rings is 1. The summed E-state index contributed by atoms with van der Waals surface area (Å²) in [5.41, 5.74) is 1.54. The van der Waals surface area contributed by atoms with E-state index >= 15 is 0 Å². The highest BCUT2D eigenvalue weighted by Gasteiger charge is 2.22. The number of ether oxygens (including phenoxy) is 2. The zero-order valence-corrected chi connectivity index (χ0v) is 17.7. The molecule has 1 aliphatic rings. The second kappa shape index (κ2) is 9.00. The quantitative estimate of drug-likeness (QED) is 0.673. The van der Waals surface area contributed by atoms with Crippen molar-refractivity contribution in [1.82, 2.24) is 15.1 Å². The van der Waals surface area contributed by atoms with E-state index in [1.54, 1.807) is 48.7 Å². The van der Waals surface area contributed by atoms with Gasteiger partial charge >= 0.3 is 6.03 Å². The minimum Gasteiger partial charge on any atom is -0.493 e. The third kappa shape index (κ3) is 4.30. The van der Waals surface area contributed by atoms with Crippen LogP contribution in [0.1, 0.15) is 0 Å². The average Bonchev–Trinajstić information content (AvgIpc) is 3.34. The molecule has 9 heteroatoms. The molecule has 2 amide bonds. The highest BCUT2D eigenvalue weighted by molar-refractivity contribution is 7.13. The first-order chi connectivity index (χ1) is 14.7. The number of thiophene rings is 1. The Bertz CT molecular complexity index is 986. The van der Waals surface area contributed by atoms with Crippen LogP contribution in [0, 0.1) is 0 Å². The normalized spacial score (nSPS) is 13.8. The van der Waals surface area contributed by atoms with Gasteiger partial charge in [-0.05, 0) is 35.7 Å². The predicted octanol–water partition coefficient (Wildman–Crippen LogP) is 3.58. The summed E-state index contributed by atoms with van der Waals surface area (Å²) in [6.45, 7) is 2.61. The fourth-order valence-electron chi connectivity index (χ4n) is 3.30. The molecule has 0 atom stereocenters. The largest absolute Gasteiger partial charge is 0.493 e. The maximum atomic E-state index is 12.6. The molecule has 1 saturated heterocycles. The summed E-state index contributed by atoms with van der Waals surface area (Å²) in [7, 11) is 3.15. The number of carbonyl (C=O) groups excluding carboxylic acids is 1. The first-order valence-electron chi connectivity index (χ1n) is 9.58. The van der Waals surface area contributed by atoms with Gasteiger partial charge in [0.1, 0.15) is 5.69 Å². The van der Waals surface area contributed by atoms with Crippen molar-refractivity contribution in [2.45, 2.75) is 0 Å². The molecule has 1 N–H and O–H groups in total. The van der Waals surface area contributed by atoms with E-state index in [4.69, 9.17) is 9.47 Å². The van der Waals surface area contributed by atoms with Gasteiger partial charge in [-0.15, -0.1) is 21.5 Å². The molecule has 0 spiro atoms. The highest BCUT2D eigenvalue weighted by atomic mass is 32.1. The number of rotatable bonds is 5. The number of urea groups is 1. The van der Waals surface area contributed by atoms with Crippen LogP contribution < -0.4 is 19.7 Å². The standard InChI is InChI=1S/C21H23N5O3S/c1-28-17-7-5-15(14-18(17)29-2)22-21(27)26-11-9-25(10-12-26)20-8-6-16(23-24-20)19-4-3-13-30-19/h3-8,13-14H,9-12H2,1-2H3,(H,22,27). The number of hydrogen-bond acceptors (Lipinski definition) is 7. The Morgan fingerprint density at radius 1 is 1.00 bits per heavy atom. The Labute approximate surface area is 179 Å². The van der Waals surface area contributed by atoms with E-state index in [1.165, 1.54) is 0 Å². The maximum absolute atomic E-state index is 12.6. The Morgan fingerprint density at radius 2 is 1.80 bits per heavy atom. The van der Waals surface area contributed by atoms with Gasteiger partial charge in [-0.1, -0.05) is 6.07 Å². The summed E-state index contributed by atoms with van der Waals surface area (Å²) < 4.78 is 10.5. The second-order valence-corrected chi connectivity index (χ2v) is 7.68. The van der Waals surface area contributed by atoms with Crippen molar-refractivity contribution in [1.29, 1.82) is 0 Å². The molecule has 0 aliphatic carbocycles. The Morgan fingerprint density at radius 3 is 2.43 bits per heavy atom. The van der Waals surface area contributed by atoms with Crippen LogP contribution in [-0.2, 0) is 0 Å². The summed E-state index contributed by atoms with van der Waals surface area (Å²) in [4.78, 5) is 17.7. The van der Waals surface area contributed by atoms with Crippen molar-refractivity contribution < 1.29 is 14.3 Å². The van der Waals surface area contributed by atoms with Gasteiger partial charge in [-0.2, -0.15) is 0 Å². The van der Waals surface area contributed by atoms with Gasteiger partial charge < -0.3 is 24.6 Å². The Hall–Kier alpha value is -3.33. The van der Waals surface area contributed by atoms with Crippen LogP contribution in [0.25, 0.3) is 10.6 Å². The number of hydrogen-bond donors (Lipinski definition) is 1. The molecule has 0 bridgehead atoms. The zero-order chi connectivity index (χ0) is 20.9. The number of aromatic nitrogens is 2. The van der Waals surface area contributed by atoms with Gasteiger partial charge in [0.05, 0.1) is 19.1 Å². The van der Waals surface area contributed by atoms with Crippen molar-refractivity contribution in [2.75, 3.05) is 50.6 Å². The van der Waals surface area contributed by atoms with E-state index in [0.29, 0.717) is 43.4 Å². The minimum absolute atomic E-state index is 0.138. The molecule has 0 unspecified atom stereocenters. The van der Waals surface area contributed by atoms with Crippen LogP contribution >= 0.6 is 11.3 Å².